The van der Waals surface area contributed by atoms with Gasteiger partial charge in [0.05, 0.1) is 24.9 Å². The van der Waals surface area contributed by atoms with Crippen LogP contribution in [0.25, 0.3) is 0 Å². The van der Waals surface area contributed by atoms with Crippen molar-refractivity contribution in [3.63, 3.8) is 0 Å². The zero-order valence-electron chi connectivity index (χ0n) is 19.3. The second-order valence-corrected chi connectivity index (χ2v) is 9.46. The van der Waals surface area contributed by atoms with Crippen LogP contribution in [0.4, 0.5) is 0 Å². The highest BCUT2D eigenvalue weighted by Gasteiger charge is 2.35. The van der Waals surface area contributed by atoms with E-state index in [-0.39, 0.29) is 11.5 Å². The van der Waals surface area contributed by atoms with E-state index in [0.29, 0.717) is 12.5 Å². The molecule has 1 aromatic rings. The van der Waals surface area contributed by atoms with Crippen LogP contribution in [0.2, 0.25) is 0 Å². The Labute approximate surface area is 181 Å². The van der Waals surface area contributed by atoms with Gasteiger partial charge in [0.1, 0.15) is 5.76 Å². The number of nitrogens with one attached hydrogen (secondary N) is 2. The zero-order chi connectivity index (χ0) is 21.6. The second kappa shape index (κ2) is 10.6. The van der Waals surface area contributed by atoms with Gasteiger partial charge in [-0.3, -0.25) is 9.89 Å². The topological polar surface area (TPSA) is 85.9 Å². The third-order valence-electron chi connectivity index (χ3n) is 6.92. The number of guanidine groups is 1. The van der Waals surface area contributed by atoms with Crippen LogP contribution < -0.4 is 10.6 Å². The largest absolute Gasteiger partial charge is 0.444 e. The normalized spacial score (nSPS) is 26.7. The average molecular weight is 420 g/mol. The van der Waals surface area contributed by atoms with Crippen LogP contribution in [-0.4, -0.2) is 59.8 Å². The smallest absolute Gasteiger partial charge is 0.208 e. The first-order chi connectivity index (χ1) is 14.4. The van der Waals surface area contributed by atoms with E-state index in [2.05, 4.69) is 34.4 Å². The molecular weight excluding hydrogens is 378 g/mol. The maximum absolute atomic E-state index is 10.4. The molecule has 7 nitrogen and oxygen atoms in total. The summed E-state index contributed by atoms with van der Waals surface area (Å²) in [4.78, 5) is 11.8. The molecule has 0 radical (unpaired) electrons. The van der Waals surface area contributed by atoms with Crippen molar-refractivity contribution >= 4 is 5.96 Å². The zero-order valence-corrected chi connectivity index (χ0v) is 19.3. The van der Waals surface area contributed by atoms with Gasteiger partial charge >= 0.3 is 0 Å². The van der Waals surface area contributed by atoms with Crippen LogP contribution in [0.3, 0.4) is 0 Å². The van der Waals surface area contributed by atoms with Gasteiger partial charge < -0.3 is 20.2 Å². The molecule has 2 aliphatic rings. The molecule has 7 heteroatoms. The van der Waals surface area contributed by atoms with Gasteiger partial charge in [0, 0.05) is 18.5 Å². The fraction of sp³-hybridized carbons (Fsp3) is 0.826. The molecule has 1 saturated heterocycles. The number of hydrogen-bond donors (Lipinski definition) is 3. The molecule has 1 saturated carbocycles. The van der Waals surface area contributed by atoms with E-state index < -0.39 is 0 Å². The molecule has 2 fully saturated rings. The van der Waals surface area contributed by atoms with Crippen LogP contribution in [0, 0.1) is 25.2 Å². The number of oxazole rings is 1. The van der Waals surface area contributed by atoms with Gasteiger partial charge in [-0.05, 0) is 65.5 Å². The van der Waals surface area contributed by atoms with Crippen molar-refractivity contribution in [1.29, 1.82) is 0 Å². The lowest BCUT2D eigenvalue weighted by Gasteiger charge is -2.37. The molecule has 30 heavy (non-hydrogen) atoms. The van der Waals surface area contributed by atoms with E-state index >= 15 is 0 Å². The van der Waals surface area contributed by atoms with Crippen LogP contribution >= 0.6 is 0 Å². The number of nitrogens with zero attached hydrogens (tertiary/aromatic N) is 3. The van der Waals surface area contributed by atoms with Gasteiger partial charge in [-0.2, -0.15) is 0 Å². The molecule has 3 N–H and O–H groups in total. The van der Waals surface area contributed by atoms with E-state index in [4.69, 9.17) is 9.41 Å². The van der Waals surface area contributed by atoms with Crippen molar-refractivity contribution in [3.8, 4) is 0 Å². The minimum atomic E-state index is -0.238. The van der Waals surface area contributed by atoms with Crippen LogP contribution in [0.5, 0.6) is 0 Å². The predicted octanol–water partition coefficient (Wildman–Crippen LogP) is 3.00. The Bertz CT molecular complexity index is 676. The number of aryl methyl sites for hydroxylation is 2. The molecule has 0 amide bonds. The van der Waals surface area contributed by atoms with E-state index in [1.54, 1.807) is 0 Å². The quantitative estimate of drug-likeness (QED) is 0.465. The van der Waals surface area contributed by atoms with Gasteiger partial charge in [-0.15, -0.1) is 0 Å². The monoisotopic (exact) mass is 419 g/mol. The summed E-state index contributed by atoms with van der Waals surface area (Å²) in [5.74, 6) is 3.29. The van der Waals surface area contributed by atoms with Gasteiger partial charge in [-0.1, -0.05) is 19.8 Å². The van der Waals surface area contributed by atoms with Gasteiger partial charge in [-0.25, -0.2) is 4.98 Å². The summed E-state index contributed by atoms with van der Waals surface area (Å²) < 4.78 is 5.74. The number of rotatable bonds is 7. The molecule has 0 bridgehead atoms. The molecule has 1 aromatic heterocycles. The summed E-state index contributed by atoms with van der Waals surface area (Å²) in [6, 6.07) is 0. The van der Waals surface area contributed by atoms with E-state index in [0.717, 1.165) is 75.3 Å². The SMILES string of the molecule is CCNC(=NCC1(C)CCCCC1O)NCC1CCN(Cc2nc(C)c(C)o2)CC1. The van der Waals surface area contributed by atoms with Crippen molar-refractivity contribution in [2.45, 2.75) is 78.9 Å². The third-order valence-corrected chi connectivity index (χ3v) is 6.92. The van der Waals surface area contributed by atoms with Gasteiger partial charge in [0.25, 0.3) is 0 Å². The van der Waals surface area contributed by atoms with Crippen molar-refractivity contribution in [2.24, 2.45) is 16.3 Å². The van der Waals surface area contributed by atoms with Crippen LogP contribution in [0.15, 0.2) is 9.41 Å². The number of aliphatic hydroxyl groups is 1. The summed E-state index contributed by atoms with van der Waals surface area (Å²) in [5.41, 5.74) is 0.900. The summed E-state index contributed by atoms with van der Waals surface area (Å²) >= 11 is 0. The Morgan fingerprint density at radius 1 is 1.23 bits per heavy atom. The van der Waals surface area contributed by atoms with E-state index in [1.165, 1.54) is 19.3 Å². The molecule has 2 atom stereocenters. The Kier molecular flexibility index (Phi) is 8.17. The fourth-order valence-corrected chi connectivity index (χ4v) is 4.56. The first-order valence-corrected chi connectivity index (χ1v) is 11.7. The summed E-state index contributed by atoms with van der Waals surface area (Å²) in [5, 5.41) is 17.3. The van der Waals surface area contributed by atoms with Crippen molar-refractivity contribution in [3.05, 3.63) is 17.3 Å². The van der Waals surface area contributed by atoms with Gasteiger partial charge in [0.15, 0.2) is 5.96 Å². The first kappa shape index (κ1) is 23.1. The number of aliphatic hydroxyl groups excluding tert-OH is 1. The molecule has 0 spiro atoms. The lowest BCUT2D eigenvalue weighted by molar-refractivity contribution is 0.00716. The Hall–Kier alpha value is -1.60. The maximum atomic E-state index is 10.4. The summed E-state index contributed by atoms with van der Waals surface area (Å²) in [7, 11) is 0. The first-order valence-electron chi connectivity index (χ1n) is 11.7. The summed E-state index contributed by atoms with van der Waals surface area (Å²) in [6.45, 7) is 13.7. The third kappa shape index (κ3) is 6.20. The molecule has 2 heterocycles. The molecule has 1 aliphatic heterocycles. The lowest BCUT2D eigenvalue weighted by atomic mass is 9.73. The maximum Gasteiger partial charge on any atom is 0.208 e. The number of likely N-dealkylation sites (tertiary alicyclic amines) is 1. The lowest BCUT2D eigenvalue weighted by Crippen LogP contribution is -2.44. The van der Waals surface area contributed by atoms with Crippen molar-refractivity contribution < 1.29 is 9.52 Å². The number of piperidine rings is 1. The Balaban J connectivity index is 1.44. The van der Waals surface area contributed by atoms with E-state index in [1.807, 2.05) is 13.8 Å². The molecule has 170 valence electrons. The molecule has 1 aliphatic carbocycles. The second-order valence-electron chi connectivity index (χ2n) is 9.46. The molecular formula is C23H41N5O2. The average Bonchev–Trinajstić information content (AvgIpc) is 3.04. The van der Waals surface area contributed by atoms with Gasteiger partial charge in [0.2, 0.25) is 5.89 Å². The summed E-state index contributed by atoms with van der Waals surface area (Å²) in [6.07, 6.45) is 6.38. The molecule has 2 unspecified atom stereocenters. The van der Waals surface area contributed by atoms with E-state index in [9.17, 15) is 5.11 Å². The van der Waals surface area contributed by atoms with Crippen molar-refractivity contribution in [2.75, 3.05) is 32.7 Å². The van der Waals surface area contributed by atoms with Crippen molar-refractivity contribution in [1.82, 2.24) is 20.5 Å². The highest BCUT2D eigenvalue weighted by molar-refractivity contribution is 5.79. The highest BCUT2D eigenvalue weighted by atomic mass is 16.4. The predicted molar refractivity (Wildman–Crippen MR) is 121 cm³/mol. The highest BCUT2D eigenvalue weighted by Crippen LogP contribution is 2.36. The number of hydrogen-bond acceptors (Lipinski definition) is 5. The van der Waals surface area contributed by atoms with Crippen LogP contribution in [0.1, 0.15) is 69.7 Å². The minimum absolute atomic E-state index is 0.0947. The molecule has 0 aromatic carbocycles. The Morgan fingerprint density at radius 3 is 2.63 bits per heavy atom. The fourth-order valence-electron chi connectivity index (χ4n) is 4.56. The van der Waals surface area contributed by atoms with Crippen LogP contribution in [-0.2, 0) is 6.54 Å². The number of aliphatic imine (C=N–C) groups is 1. The standard InChI is InChI=1S/C23H41N5O2/c1-5-24-22(26-16-23(4)11-7-6-8-20(23)29)25-14-19-9-12-28(13-10-19)15-21-27-17(2)18(3)30-21/h19-20,29H,5-16H2,1-4H3,(H2,24,25,26). The number of aromatic nitrogens is 1. The minimum Gasteiger partial charge on any atom is -0.444 e. The molecule has 3 rings (SSSR count). The Morgan fingerprint density at radius 2 is 2.00 bits per heavy atom.